The van der Waals surface area contributed by atoms with Gasteiger partial charge in [-0.1, -0.05) is 42.0 Å². The Hall–Kier alpha value is -0.0900. The summed E-state index contributed by atoms with van der Waals surface area (Å²) >= 11 is 0. The normalized spacial score (nSPS) is 20.2. The van der Waals surface area contributed by atoms with Crippen molar-refractivity contribution in [2.24, 2.45) is 5.92 Å². The Morgan fingerprint density at radius 3 is 2.46 bits per heavy atom. The van der Waals surface area contributed by atoms with Crippen molar-refractivity contribution < 1.29 is 9.53 Å². The number of hydrogen-bond donors (Lipinski definition) is 0. The van der Waals surface area contributed by atoms with Gasteiger partial charge in [-0.2, -0.15) is 0 Å². The van der Waals surface area contributed by atoms with Crippen LogP contribution in [0.15, 0.2) is 12.7 Å². The Morgan fingerprint density at radius 2 is 2.08 bits per heavy atom. The van der Waals surface area contributed by atoms with E-state index in [2.05, 4.69) is 20.4 Å². The summed E-state index contributed by atoms with van der Waals surface area (Å²) in [6.45, 7) is 7.58. The Balaban J connectivity index is 2.67. The van der Waals surface area contributed by atoms with Crippen molar-refractivity contribution in [2.45, 2.75) is 19.4 Å². The number of esters is 1. The maximum atomic E-state index is 11.1. The third kappa shape index (κ3) is 2.44. The predicted octanol–water partition coefficient (Wildman–Crippen LogP) is 2.51. The fraction of sp³-hybridized carbons (Fsp3) is 0.667. The van der Waals surface area contributed by atoms with Gasteiger partial charge in [0.1, 0.15) is 5.60 Å². The molecule has 0 N–H and O–H groups in total. The van der Waals surface area contributed by atoms with Crippen LogP contribution in [0.1, 0.15) is 13.8 Å². The van der Waals surface area contributed by atoms with Crippen molar-refractivity contribution in [3.8, 4) is 0 Å². The molecule has 0 radical (unpaired) electrons. The summed E-state index contributed by atoms with van der Waals surface area (Å²) in [6, 6.07) is 0. The van der Waals surface area contributed by atoms with E-state index in [-0.39, 0.29) is 11.6 Å². The first-order chi connectivity index (χ1) is 6.10. The van der Waals surface area contributed by atoms with E-state index in [1.807, 2.05) is 0 Å². The van der Waals surface area contributed by atoms with Gasteiger partial charge in [-0.25, -0.2) is 4.79 Å². The minimum Gasteiger partial charge on any atom is -0.454 e. The lowest BCUT2D eigenvalue weighted by atomic mass is 9.94. The molecule has 0 aliphatic carbocycles. The molecule has 0 saturated carbocycles. The zero-order valence-corrected chi connectivity index (χ0v) is 9.54. The van der Waals surface area contributed by atoms with Crippen molar-refractivity contribution >= 4 is 27.6 Å². The van der Waals surface area contributed by atoms with Crippen LogP contribution < -0.4 is 0 Å². The third-order valence-corrected chi connectivity index (χ3v) is 4.80. The van der Waals surface area contributed by atoms with E-state index in [4.69, 9.17) is 4.74 Å². The molecule has 0 aromatic rings. The highest BCUT2D eigenvalue weighted by atomic mass is 33.1. The zero-order chi connectivity index (χ0) is 9.90. The minimum atomic E-state index is -0.309. The molecular formula is C9H14O2S2. The van der Waals surface area contributed by atoms with Gasteiger partial charge in [0, 0.05) is 17.6 Å². The lowest BCUT2D eigenvalue weighted by Gasteiger charge is -2.30. The average molecular weight is 218 g/mol. The number of carbonyl (C=O) groups excluding carboxylic acids is 1. The summed E-state index contributed by atoms with van der Waals surface area (Å²) in [5, 5.41) is 0. The van der Waals surface area contributed by atoms with Gasteiger partial charge < -0.3 is 4.74 Å². The number of carbonyl (C=O) groups is 1. The van der Waals surface area contributed by atoms with Crippen LogP contribution in [-0.4, -0.2) is 23.1 Å². The van der Waals surface area contributed by atoms with E-state index in [0.717, 1.165) is 11.5 Å². The first kappa shape index (κ1) is 11.0. The van der Waals surface area contributed by atoms with Gasteiger partial charge >= 0.3 is 5.97 Å². The number of rotatable bonds is 3. The van der Waals surface area contributed by atoms with Crippen LogP contribution in [0.3, 0.4) is 0 Å². The Kier molecular flexibility index (Phi) is 3.74. The highest BCUT2D eigenvalue weighted by Gasteiger charge is 2.41. The maximum Gasteiger partial charge on any atom is 0.330 e. The van der Waals surface area contributed by atoms with Crippen LogP contribution in [0.25, 0.3) is 0 Å². The van der Waals surface area contributed by atoms with E-state index in [9.17, 15) is 4.79 Å². The summed E-state index contributed by atoms with van der Waals surface area (Å²) in [5.74, 6) is 1.82. The van der Waals surface area contributed by atoms with Crippen LogP contribution in [0.5, 0.6) is 0 Å². The summed E-state index contributed by atoms with van der Waals surface area (Å²) < 4.78 is 5.41. The standard InChI is InChI=1S/C9H14O2S2/c1-4-8(10)11-9(7(2)3)5-12-13-6-9/h4,7H,1,5-6H2,2-3H3. The molecule has 0 unspecified atom stereocenters. The molecule has 0 atom stereocenters. The van der Waals surface area contributed by atoms with Crippen molar-refractivity contribution in [2.75, 3.05) is 11.5 Å². The average Bonchev–Trinajstić information content (AvgIpc) is 2.54. The summed E-state index contributed by atoms with van der Waals surface area (Å²) in [4.78, 5) is 11.1. The molecular weight excluding hydrogens is 204 g/mol. The molecule has 74 valence electrons. The molecule has 0 spiro atoms. The van der Waals surface area contributed by atoms with Crippen molar-refractivity contribution in [1.29, 1.82) is 0 Å². The fourth-order valence-electron chi connectivity index (χ4n) is 1.08. The maximum absolute atomic E-state index is 11.1. The molecule has 13 heavy (non-hydrogen) atoms. The summed E-state index contributed by atoms with van der Waals surface area (Å²) in [6.07, 6.45) is 1.23. The van der Waals surface area contributed by atoms with Crippen molar-refractivity contribution in [3.63, 3.8) is 0 Å². The highest BCUT2D eigenvalue weighted by molar-refractivity contribution is 8.77. The molecule has 0 aromatic heterocycles. The molecule has 1 aliphatic rings. The molecule has 1 rings (SSSR count). The third-order valence-electron chi connectivity index (χ3n) is 2.21. The first-order valence-corrected chi connectivity index (χ1v) is 6.69. The number of hydrogen-bond acceptors (Lipinski definition) is 4. The largest absolute Gasteiger partial charge is 0.454 e. The second-order valence-corrected chi connectivity index (χ2v) is 5.83. The second kappa shape index (κ2) is 4.42. The van der Waals surface area contributed by atoms with Gasteiger partial charge in [0.25, 0.3) is 0 Å². The molecule has 0 aromatic carbocycles. The zero-order valence-electron chi connectivity index (χ0n) is 7.91. The van der Waals surface area contributed by atoms with Gasteiger partial charge in [0.05, 0.1) is 0 Å². The van der Waals surface area contributed by atoms with E-state index < -0.39 is 0 Å². The van der Waals surface area contributed by atoms with Gasteiger partial charge in [-0.15, -0.1) is 0 Å². The molecule has 1 fully saturated rings. The van der Waals surface area contributed by atoms with Gasteiger partial charge in [0.15, 0.2) is 0 Å². The van der Waals surface area contributed by atoms with Crippen molar-refractivity contribution in [3.05, 3.63) is 12.7 Å². The quantitative estimate of drug-likeness (QED) is 0.413. The molecule has 0 bridgehead atoms. The van der Waals surface area contributed by atoms with E-state index in [1.54, 1.807) is 21.6 Å². The summed E-state index contributed by atoms with van der Waals surface area (Å²) in [5.41, 5.74) is -0.277. The Bertz CT molecular complexity index is 208. The SMILES string of the molecule is C=CC(=O)OC1(C(C)C)CSSC1. The molecule has 2 nitrogen and oxygen atoms in total. The van der Waals surface area contributed by atoms with Crippen LogP contribution in [0.4, 0.5) is 0 Å². The fourth-order valence-corrected chi connectivity index (χ4v) is 4.46. The van der Waals surface area contributed by atoms with Crippen LogP contribution in [-0.2, 0) is 9.53 Å². The first-order valence-electron chi connectivity index (χ1n) is 4.20. The summed E-state index contributed by atoms with van der Waals surface area (Å²) in [7, 11) is 3.53. The Morgan fingerprint density at radius 1 is 1.54 bits per heavy atom. The predicted molar refractivity (Wildman–Crippen MR) is 58.8 cm³/mol. The van der Waals surface area contributed by atoms with Crippen LogP contribution in [0.2, 0.25) is 0 Å². The van der Waals surface area contributed by atoms with E-state index in [1.165, 1.54) is 6.08 Å². The number of ether oxygens (including phenoxy) is 1. The van der Waals surface area contributed by atoms with Gasteiger partial charge in [-0.3, -0.25) is 0 Å². The van der Waals surface area contributed by atoms with Gasteiger partial charge in [0.2, 0.25) is 0 Å². The molecule has 0 amide bonds. The van der Waals surface area contributed by atoms with Gasteiger partial charge in [-0.05, 0) is 5.92 Å². The van der Waals surface area contributed by atoms with Crippen LogP contribution >= 0.6 is 21.6 Å². The van der Waals surface area contributed by atoms with Crippen molar-refractivity contribution in [1.82, 2.24) is 0 Å². The lowest BCUT2D eigenvalue weighted by molar-refractivity contribution is -0.152. The minimum absolute atomic E-state index is 0.277. The Labute approximate surface area is 86.9 Å². The molecule has 1 heterocycles. The molecule has 1 saturated heterocycles. The molecule has 1 aliphatic heterocycles. The van der Waals surface area contributed by atoms with E-state index in [0.29, 0.717) is 5.92 Å². The second-order valence-electron chi connectivity index (χ2n) is 3.37. The lowest BCUT2D eigenvalue weighted by Crippen LogP contribution is -2.42. The highest BCUT2D eigenvalue weighted by Crippen LogP contribution is 2.43. The smallest absolute Gasteiger partial charge is 0.330 e. The van der Waals surface area contributed by atoms with Crippen LogP contribution in [0, 0.1) is 5.92 Å². The molecule has 4 heteroatoms. The topological polar surface area (TPSA) is 26.3 Å². The monoisotopic (exact) mass is 218 g/mol. The van der Waals surface area contributed by atoms with E-state index >= 15 is 0 Å².